The smallest absolute Gasteiger partial charge is 0.269 e. The minimum atomic E-state index is -0.410. The number of hydrogen-bond acceptors (Lipinski definition) is 5. The van der Waals surface area contributed by atoms with Gasteiger partial charge in [-0.15, -0.1) is 5.10 Å². The number of nitrogens with one attached hydrogen (secondary N) is 3. The number of aromatic nitrogens is 5. The average molecular weight is 375 g/mol. The second kappa shape index (κ2) is 7.31. The Morgan fingerprint density at radius 3 is 2.61 bits per heavy atom. The molecule has 9 nitrogen and oxygen atoms in total. The first kappa shape index (κ1) is 17.4. The molecular weight excluding hydrogens is 358 g/mol. The molecule has 2 heterocycles. The molecule has 0 unspecified atom stereocenters. The van der Waals surface area contributed by atoms with Crippen molar-refractivity contribution in [2.24, 2.45) is 0 Å². The predicted molar refractivity (Wildman–Crippen MR) is 102 cm³/mol. The molecule has 140 valence electrons. The van der Waals surface area contributed by atoms with Crippen LogP contribution in [0, 0.1) is 6.92 Å². The minimum Gasteiger partial charge on any atom is -0.358 e. The van der Waals surface area contributed by atoms with Crippen LogP contribution in [0.4, 0.5) is 0 Å². The molecule has 0 bridgehead atoms. The summed E-state index contributed by atoms with van der Waals surface area (Å²) < 4.78 is 1.48. The topological polar surface area (TPSA) is 118 Å². The zero-order valence-corrected chi connectivity index (χ0v) is 15.0. The number of amides is 2. The Morgan fingerprint density at radius 1 is 1.07 bits per heavy atom. The summed E-state index contributed by atoms with van der Waals surface area (Å²) in [6.45, 7) is 1.92. The van der Waals surface area contributed by atoms with Crippen LogP contribution >= 0.6 is 0 Å². The normalized spacial score (nSPS) is 10.8. The second-order valence-corrected chi connectivity index (χ2v) is 6.25. The summed E-state index contributed by atoms with van der Waals surface area (Å²) in [5.41, 5.74) is 8.85. The van der Waals surface area contributed by atoms with E-state index < -0.39 is 5.91 Å². The molecule has 9 heteroatoms. The number of nitrogens with zero attached hydrogens (tertiary/aromatic N) is 4. The molecule has 0 atom stereocenters. The van der Waals surface area contributed by atoms with E-state index in [1.54, 1.807) is 24.3 Å². The van der Waals surface area contributed by atoms with Gasteiger partial charge in [0.2, 0.25) is 5.91 Å². The van der Waals surface area contributed by atoms with Crippen molar-refractivity contribution in [1.82, 2.24) is 36.0 Å². The summed E-state index contributed by atoms with van der Waals surface area (Å²) in [6, 6.07) is 14.5. The average Bonchev–Trinajstić information content (AvgIpc) is 3.35. The van der Waals surface area contributed by atoms with E-state index in [1.807, 2.05) is 31.2 Å². The predicted octanol–water partition coefficient (Wildman–Crippen LogP) is 1.46. The fourth-order valence-corrected chi connectivity index (χ4v) is 3.01. The van der Waals surface area contributed by atoms with Gasteiger partial charge >= 0.3 is 0 Å². The number of para-hydroxylation sites is 1. The van der Waals surface area contributed by atoms with Crippen LogP contribution in [0.15, 0.2) is 54.9 Å². The Bertz CT molecular complexity index is 1130. The van der Waals surface area contributed by atoms with Crippen molar-refractivity contribution in [3.8, 4) is 5.69 Å². The lowest BCUT2D eigenvalue weighted by atomic mass is 10.1. The van der Waals surface area contributed by atoms with Crippen LogP contribution in [-0.2, 0) is 11.2 Å². The number of rotatable bonds is 4. The lowest BCUT2D eigenvalue weighted by Gasteiger charge is -2.08. The Labute approximate surface area is 159 Å². The lowest BCUT2D eigenvalue weighted by molar-refractivity contribution is -0.121. The number of benzene rings is 2. The maximum Gasteiger partial charge on any atom is 0.269 e. The second-order valence-electron chi connectivity index (χ2n) is 6.25. The van der Waals surface area contributed by atoms with E-state index in [4.69, 9.17) is 0 Å². The molecule has 0 aliphatic heterocycles. The number of H-pyrrole nitrogens is 1. The van der Waals surface area contributed by atoms with Gasteiger partial charge in [-0.2, -0.15) is 0 Å². The van der Waals surface area contributed by atoms with Gasteiger partial charge < -0.3 is 4.98 Å². The molecule has 0 spiro atoms. The third kappa shape index (κ3) is 3.45. The number of fused-ring (bicyclic) bond motifs is 1. The van der Waals surface area contributed by atoms with E-state index in [-0.39, 0.29) is 12.3 Å². The van der Waals surface area contributed by atoms with Gasteiger partial charge in [0.25, 0.3) is 5.91 Å². The molecule has 0 aliphatic rings. The number of carbonyl (C=O) groups is 2. The summed E-state index contributed by atoms with van der Waals surface area (Å²) in [7, 11) is 0. The van der Waals surface area contributed by atoms with Crippen LogP contribution < -0.4 is 10.9 Å². The number of aromatic amines is 1. The van der Waals surface area contributed by atoms with E-state index in [9.17, 15) is 9.59 Å². The number of aryl methyl sites for hydroxylation is 1. The van der Waals surface area contributed by atoms with Crippen LogP contribution in [0.3, 0.4) is 0 Å². The summed E-state index contributed by atoms with van der Waals surface area (Å²) in [4.78, 5) is 27.8. The Hall–Kier alpha value is -4.01. The SMILES string of the molecule is Cc1[nH]c2ccccc2c1CC(=O)NNC(=O)c1ccc(-n2cnnn2)cc1. The maximum atomic E-state index is 12.3. The van der Waals surface area contributed by atoms with Crippen LogP contribution in [-0.4, -0.2) is 37.0 Å². The Kier molecular flexibility index (Phi) is 4.55. The lowest BCUT2D eigenvalue weighted by Crippen LogP contribution is -2.42. The van der Waals surface area contributed by atoms with Crippen molar-refractivity contribution >= 4 is 22.7 Å². The molecule has 0 saturated carbocycles. The first-order valence-corrected chi connectivity index (χ1v) is 8.60. The fraction of sp³-hybridized carbons (Fsp3) is 0.105. The van der Waals surface area contributed by atoms with Crippen molar-refractivity contribution in [3.63, 3.8) is 0 Å². The van der Waals surface area contributed by atoms with E-state index in [1.165, 1.54) is 11.0 Å². The molecule has 0 radical (unpaired) electrons. The number of hydrazine groups is 1. The van der Waals surface area contributed by atoms with Crippen molar-refractivity contribution in [2.45, 2.75) is 13.3 Å². The molecular formula is C19H17N7O2. The third-order valence-electron chi connectivity index (χ3n) is 4.42. The van der Waals surface area contributed by atoms with Crippen LogP contribution in [0.5, 0.6) is 0 Å². The van der Waals surface area contributed by atoms with Crippen molar-refractivity contribution < 1.29 is 9.59 Å². The quantitative estimate of drug-likeness (QED) is 0.467. The van der Waals surface area contributed by atoms with Crippen LogP contribution in [0.1, 0.15) is 21.6 Å². The Morgan fingerprint density at radius 2 is 1.86 bits per heavy atom. The zero-order chi connectivity index (χ0) is 19.5. The van der Waals surface area contributed by atoms with Gasteiger partial charge in [0.05, 0.1) is 12.1 Å². The Balaban J connectivity index is 1.38. The summed E-state index contributed by atoms with van der Waals surface area (Å²) >= 11 is 0. The minimum absolute atomic E-state index is 0.161. The summed E-state index contributed by atoms with van der Waals surface area (Å²) in [5, 5.41) is 11.9. The standard InChI is InChI=1S/C19H17N7O2/c1-12-16(15-4-2-3-5-17(15)21-12)10-18(27)22-23-19(28)13-6-8-14(9-7-13)26-11-20-24-25-26/h2-9,11,21H,10H2,1H3,(H,22,27)(H,23,28). The van der Waals surface area contributed by atoms with Gasteiger partial charge in [-0.1, -0.05) is 18.2 Å². The molecule has 0 aliphatic carbocycles. The highest BCUT2D eigenvalue weighted by atomic mass is 16.2. The van der Waals surface area contributed by atoms with E-state index >= 15 is 0 Å². The van der Waals surface area contributed by atoms with Gasteiger partial charge in [-0.05, 0) is 53.2 Å². The molecule has 3 N–H and O–H groups in total. The number of tetrazole rings is 1. The van der Waals surface area contributed by atoms with Crippen molar-refractivity contribution in [2.75, 3.05) is 0 Å². The van der Waals surface area contributed by atoms with E-state index in [2.05, 4.69) is 31.4 Å². The van der Waals surface area contributed by atoms with Gasteiger partial charge in [0.15, 0.2) is 0 Å². The maximum absolute atomic E-state index is 12.3. The van der Waals surface area contributed by atoms with Crippen LogP contribution in [0.25, 0.3) is 16.6 Å². The molecule has 4 aromatic rings. The number of carbonyl (C=O) groups excluding carboxylic acids is 2. The van der Waals surface area contributed by atoms with Crippen molar-refractivity contribution in [3.05, 3.63) is 71.7 Å². The molecule has 0 fully saturated rings. The van der Waals surface area contributed by atoms with E-state index in [0.717, 1.165) is 27.8 Å². The highest BCUT2D eigenvalue weighted by Gasteiger charge is 2.13. The molecule has 2 aromatic heterocycles. The summed E-state index contributed by atoms with van der Waals surface area (Å²) in [6.07, 6.45) is 1.62. The third-order valence-corrected chi connectivity index (χ3v) is 4.42. The van der Waals surface area contributed by atoms with Gasteiger partial charge in [0, 0.05) is 22.2 Å². The zero-order valence-electron chi connectivity index (χ0n) is 15.0. The monoisotopic (exact) mass is 375 g/mol. The molecule has 2 amide bonds. The van der Waals surface area contributed by atoms with Crippen LogP contribution in [0.2, 0.25) is 0 Å². The highest BCUT2D eigenvalue weighted by molar-refractivity contribution is 5.96. The largest absolute Gasteiger partial charge is 0.358 e. The first-order chi connectivity index (χ1) is 13.6. The fourth-order valence-electron chi connectivity index (χ4n) is 3.01. The molecule has 2 aromatic carbocycles. The highest BCUT2D eigenvalue weighted by Crippen LogP contribution is 2.22. The molecule has 28 heavy (non-hydrogen) atoms. The van der Waals surface area contributed by atoms with Gasteiger partial charge in [-0.25, -0.2) is 4.68 Å². The first-order valence-electron chi connectivity index (χ1n) is 8.60. The van der Waals surface area contributed by atoms with Gasteiger partial charge in [0.1, 0.15) is 6.33 Å². The number of hydrogen-bond donors (Lipinski definition) is 3. The molecule has 4 rings (SSSR count). The van der Waals surface area contributed by atoms with Gasteiger partial charge in [-0.3, -0.25) is 20.4 Å². The summed E-state index contributed by atoms with van der Waals surface area (Å²) in [5.74, 6) is -0.709. The molecule has 0 saturated heterocycles. The van der Waals surface area contributed by atoms with E-state index in [0.29, 0.717) is 5.56 Å². The van der Waals surface area contributed by atoms with Crippen molar-refractivity contribution in [1.29, 1.82) is 0 Å².